The normalized spacial score (nSPS) is 28.4. The highest BCUT2D eigenvalue weighted by Crippen LogP contribution is 2.70. The Morgan fingerprint density at radius 3 is 2.12 bits per heavy atom. The van der Waals surface area contributed by atoms with Crippen molar-refractivity contribution >= 4 is 0 Å². The van der Waals surface area contributed by atoms with Crippen molar-refractivity contribution in [3.8, 4) is 23.5 Å². The van der Waals surface area contributed by atoms with E-state index in [1.807, 2.05) is 0 Å². The lowest BCUT2D eigenvalue weighted by molar-refractivity contribution is -0.137. The molecule has 2 fully saturated rings. The van der Waals surface area contributed by atoms with E-state index in [-0.39, 0.29) is 29.3 Å². The second-order valence-electron chi connectivity index (χ2n) is 7.50. The van der Waals surface area contributed by atoms with Gasteiger partial charge in [-0.15, -0.1) is 0 Å². The molecular weight excluding hydrogens is 345 g/mol. The predicted molar refractivity (Wildman–Crippen MR) is 85.1 cm³/mol. The Bertz CT molecular complexity index is 947. The molecule has 4 aliphatic rings. The number of fused-ring (bicyclic) bond motifs is 1. The van der Waals surface area contributed by atoms with Gasteiger partial charge >= 0.3 is 6.18 Å². The summed E-state index contributed by atoms with van der Waals surface area (Å²) < 4.78 is 40.9. The van der Waals surface area contributed by atoms with Gasteiger partial charge in [-0.05, 0) is 61.1 Å². The molecule has 7 heteroatoms. The molecule has 1 aromatic heterocycles. The number of nitrogens with zero attached hydrogens (tertiary/aromatic N) is 2. The average Bonchev–Trinajstić information content (AvgIpc) is 3.38. The highest BCUT2D eigenvalue weighted by Gasteiger charge is 2.59. The van der Waals surface area contributed by atoms with Crippen LogP contribution in [0.2, 0.25) is 0 Å². The van der Waals surface area contributed by atoms with E-state index in [9.17, 15) is 23.4 Å². The smallest absolute Gasteiger partial charge is 0.417 e. The van der Waals surface area contributed by atoms with Gasteiger partial charge < -0.3 is 10.2 Å². The molecule has 0 unspecified atom stereocenters. The first kappa shape index (κ1) is 15.6. The van der Waals surface area contributed by atoms with Crippen LogP contribution >= 0.6 is 0 Å². The Morgan fingerprint density at radius 1 is 1.04 bits per heavy atom. The number of aromatic nitrogens is 1. The van der Waals surface area contributed by atoms with Crippen LogP contribution in [0.3, 0.4) is 0 Å². The van der Waals surface area contributed by atoms with Crippen LogP contribution in [0.25, 0.3) is 5.69 Å². The molecule has 6 rings (SSSR count). The second kappa shape index (κ2) is 4.76. The number of rotatable bonds is 1. The van der Waals surface area contributed by atoms with Gasteiger partial charge in [-0.25, -0.2) is 0 Å². The van der Waals surface area contributed by atoms with Crippen molar-refractivity contribution in [3.63, 3.8) is 0 Å². The molecule has 1 aromatic carbocycles. The van der Waals surface area contributed by atoms with E-state index < -0.39 is 17.3 Å². The van der Waals surface area contributed by atoms with Crippen LogP contribution in [-0.4, -0.2) is 14.8 Å². The molecule has 0 amide bonds. The van der Waals surface area contributed by atoms with Crippen LogP contribution < -0.4 is 0 Å². The highest BCUT2D eigenvalue weighted by molar-refractivity contribution is 5.60. The van der Waals surface area contributed by atoms with E-state index in [2.05, 4.69) is 0 Å². The van der Waals surface area contributed by atoms with Crippen LogP contribution in [-0.2, 0) is 6.18 Å². The SMILES string of the molecule is N#Cc1ccc(-n2c(O)c3c(c2O)[C@@H]2CC[C@H]3[C@H]3C[C@H]32)cc1C(F)(F)F. The zero-order valence-corrected chi connectivity index (χ0v) is 13.6. The van der Waals surface area contributed by atoms with Gasteiger partial charge in [0, 0.05) is 11.1 Å². The third kappa shape index (κ3) is 1.84. The molecule has 0 saturated heterocycles. The maximum atomic E-state index is 13.3. The molecule has 2 bridgehead atoms. The summed E-state index contributed by atoms with van der Waals surface area (Å²) in [5, 5.41) is 30.4. The fourth-order valence-corrected chi connectivity index (χ4v) is 5.23. The summed E-state index contributed by atoms with van der Waals surface area (Å²) >= 11 is 0. The largest absolute Gasteiger partial charge is 0.494 e. The van der Waals surface area contributed by atoms with E-state index >= 15 is 0 Å². The number of hydrogen-bond donors (Lipinski definition) is 2. The number of benzene rings is 1. The zero-order valence-electron chi connectivity index (χ0n) is 13.6. The molecule has 0 spiro atoms. The maximum Gasteiger partial charge on any atom is 0.417 e. The first-order valence-electron chi connectivity index (χ1n) is 8.61. The number of halogens is 3. The van der Waals surface area contributed by atoms with Gasteiger partial charge in [0.15, 0.2) is 0 Å². The molecule has 2 saturated carbocycles. The van der Waals surface area contributed by atoms with Gasteiger partial charge in [-0.2, -0.15) is 18.4 Å². The van der Waals surface area contributed by atoms with Crippen molar-refractivity contribution in [1.82, 2.24) is 4.57 Å². The van der Waals surface area contributed by atoms with Gasteiger partial charge in [-0.1, -0.05) is 0 Å². The van der Waals surface area contributed by atoms with Gasteiger partial charge in [0.1, 0.15) is 0 Å². The van der Waals surface area contributed by atoms with Gasteiger partial charge in [-0.3, -0.25) is 4.57 Å². The number of nitriles is 1. The molecule has 0 aliphatic heterocycles. The summed E-state index contributed by atoms with van der Waals surface area (Å²) in [6.07, 6.45) is -1.72. The van der Waals surface area contributed by atoms with E-state index in [4.69, 9.17) is 5.26 Å². The van der Waals surface area contributed by atoms with Crippen molar-refractivity contribution < 1.29 is 23.4 Å². The van der Waals surface area contributed by atoms with E-state index in [0.29, 0.717) is 23.0 Å². The van der Waals surface area contributed by atoms with Crippen molar-refractivity contribution in [2.75, 3.05) is 0 Å². The maximum absolute atomic E-state index is 13.3. The molecule has 1 heterocycles. The fourth-order valence-electron chi connectivity index (χ4n) is 5.23. The first-order chi connectivity index (χ1) is 12.3. The summed E-state index contributed by atoms with van der Waals surface area (Å²) in [7, 11) is 0. The van der Waals surface area contributed by atoms with E-state index in [1.165, 1.54) is 6.07 Å². The minimum atomic E-state index is -4.69. The molecule has 2 N–H and O–H groups in total. The summed E-state index contributed by atoms with van der Waals surface area (Å²) in [6, 6.07) is 4.74. The number of aromatic hydroxyl groups is 2. The van der Waals surface area contributed by atoms with Crippen molar-refractivity contribution in [3.05, 3.63) is 40.5 Å². The molecule has 2 aromatic rings. The predicted octanol–water partition coefficient (Wildman–Crippen LogP) is 4.39. The summed E-state index contributed by atoms with van der Waals surface area (Å²) in [6.45, 7) is 0. The Morgan fingerprint density at radius 2 is 1.62 bits per heavy atom. The molecule has 4 aliphatic carbocycles. The Hall–Kier alpha value is -2.62. The molecular formula is C19H15F3N2O2. The zero-order chi connectivity index (χ0) is 18.4. The summed E-state index contributed by atoms with van der Waals surface area (Å²) in [4.78, 5) is 0. The lowest BCUT2D eigenvalue weighted by atomic mass is 9.68. The quantitative estimate of drug-likeness (QED) is 0.792. The van der Waals surface area contributed by atoms with E-state index in [0.717, 1.165) is 36.0 Å². The van der Waals surface area contributed by atoms with Crippen LogP contribution in [0.1, 0.15) is 53.4 Å². The summed E-state index contributed by atoms with van der Waals surface area (Å²) in [5.74, 6) is 1.05. The van der Waals surface area contributed by atoms with Crippen molar-refractivity contribution in [2.45, 2.75) is 37.3 Å². The third-order valence-corrected chi connectivity index (χ3v) is 6.34. The standard InChI is InChI=1S/C19H15F3N2O2/c20-19(21,22)14-5-9(2-1-8(14)7-23)24-17(25)15-10-3-4-11(13-6-12(10)13)16(15)18(24)26/h1-2,5,10-13,25-26H,3-4,6H2/t10-,11+,12+,13-. The average molecular weight is 360 g/mol. The number of hydrogen-bond acceptors (Lipinski definition) is 3. The topological polar surface area (TPSA) is 69.2 Å². The van der Waals surface area contributed by atoms with Crippen molar-refractivity contribution in [2.24, 2.45) is 11.8 Å². The monoisotopic (exact) mass is 360 g/mol. The highest BCUT2D eigenvalue weighted by atomic mass is 19.4. The van der Waals surface area contributed by atoms with Gasteiger partial charge in [0.05, 0.1) is 22.9 Å². The second-order valence-corrected chi connectivity index (χ2v) is 7.50. The first-order valence-corrected chi connectivity index (χ1v) is 8.61. The van der Waals surface area contributed by atoms with Crippen LogP contribution in [0.4, 0.5) is 13.2 Å². The van der Waals surface area contributed by atoms with Crippen LogP contribution in [0.5, 0.6) is 11.8 Å². The van der Waals surface area contributed by atoms with Gasteiger partial charge in [0.25, 0.3) is 0 Å². The minimum Gasteiger partial charge on any atom is -0.494 e. The molecule has 134 valence electrons. The summed E-state index contributed by atoms with van der Waals surface area (Å²) in [5.41, 5.74) is -0.146. The lowest BCUT2D eigenvalue weighted by Gasteiger charge is -2.35. The lowest BCUT2D eigenvalue weighted by Crippen LogP contribution is -2.22. The molecule has 4 atom stereocenters. The molecule has 4 nitrogen and oxygen atoms in total. The van der Waals surface area contributed by atoms with Crippen molar-refractivity contribution in [1.29, 1.82) is 5.26 Å². The van der Waals surface area contributed by atoms with Gasteiger partial charge in [0.2, 0.25) is 11.8 Å². The Labute approximate surface area is 147 Å². The number of alkyl halides is 3. The van der Waals surface area contributed by atoms with Crippen LogP contribution in [0, 0.1) is 23.2 Å². The Kier molecular flexibility index (Phi) is 2.86. The molecule has 0 radical (unpaired) electrons. The van der Waals surface area contributed by atoms with Crippen LogP contribution in [0.15, 0.2) is 18.2 Å². The fraction of sp³-hybridized carbons (Fsp3) is 0.421. The Balaban J connectivity index is 1.71. The third-order valence-electron chi connectivity index (χ3n) is 6.34. The van der Waals surface area contributed by atoms with E-state index in [1.54, 1.807) is 6.07 Å². The molecule has 26 heavy (non-hydrogen) atoms. The minimum absolute atomic E-state index is 0.00815.